The molecule has 0 radical (unpaired) electrons. The molecule has 0 heterocycles. The molecular weight excluding hydrogens is 100 g/mol. The predicted octanol–water partition coefficient (Wildman–Crippen LogP) is 0.948. The summed E-state index contributed by atoms with van der Waals surface area (Å²) in [7, 11) is 0. The Bertz CT molecular complexity index is 114. The molecular formula is C7H10O. The van der Waals surface area contributed by atoms with Crippen LogP contribution in [-0.2, 0) is 0 Å². The van der Waals surface area contributed by atoms with Gasteiger partial charge in [0.25, 0.3) is 0 Å². The van der Waals surface area contributed by atoms with Crippen molar-refractivity contribution in [3.8, 4) is 11.8 Å². The highest BCUT2D eigenvalue weighted by Crippen LogP contribution is 1.75. The number of hydrogen-bond acceptors (Lipinski definition) is 1. The second kappa shape index (κ2) is 6.26. The summed E-state index contributed by atoms with van der Waals surface area (Å²) < 4.78 is 0. The summed E-state index contributed by atoms with van der Waals surface area (Å²) in [6, 6.07) is 0. The molecule has 0 rings (SSSR count). The molecule has 0 aromatic rings. The van der Waals surface area contributed by atoms with Gasteiger partial charge in [-0.15, -0.1) is 0 Å². The molecule has 0 saturated heterocycles. The maximum absolute atomic E-state index is 8.16. The molecule has 8 heavy (non-hydrogen) atoms. The van der Waals surface area contributed by atoms with Gasteiger partial charge in [-0.3, -0.25) is 0 Å². The summed E-state index contributed by atoms with van der Waals surface area (Å²) in [5.41, 5.74) is 0. The quantitative estimate of drug-likeness (QED) is 0.498. The van der Waals surface area contributed by atoms with Gasteiger partial charge < -0.3 is 5.11 Å². The fraction of sp³-hybridized carbons (Fsp3) is 0.429. The third-order valence-electron chi connectivity index (χ3n) is 0.618. The van der Waals surface area contributed by atoms with E-state index in [0.29, 0.717) is 0 Å². The Hall–Kier alpha value is -0.740. The van der Waals surface area contributed by atoms with Crippen molar-refractivity contribution in [2.24, 2.45) is 0 Å². The Morgan fingerprint density at radius 1 is 1.62 bits per heavy atom. The first-order valence-electron chi connectivity index (χ1n) is 2.66. The molecule has 0 unspecified atom stereocenters. The van der Waals surface area contributed by atoms with Gasteiger partial charge in [0.15, 0.2) is 0 Å². The maximum atomic E-state index is 8.16. The van der Waals surface area contributed by atoms with Crippen LogP contribution in [0.5, 0.6) is 0 Å². The van der Waals surface area contributed by atoms with Crippen molar-refractivity contribution >= 4 is 0 Å². The first kappa shape index (κ1) is 7.26. The van der Waals surface area contributed by atoms with E-state index in [-0.39, 0.29) is 6.61 Å². The van der Waals surface area contributed by atoms with Crippen molar-refractivity contribution in [2.45, 2.75) is 13.3 Å². The lowest BCUT2D eigenvalue weighted by atomic mass is 10.4. The van der Waals surface area contributed by atoms with Gasteiger partial charge in [-0.2, -0.15) is 0 Å². The fourth-order valence-corrected chi connectivity index (χ4v) is 0.281. The van der Waals surface area contributed by atoms with Gasteiger partial charge in [0, 0.05) is 0 Å². The van der Waals surface area contributed by atoms with E-state index in [9.17, 15) is 0 Å². The maximum Gasteiger partial charge on any atom is 0.104 e. The van der Waals surface area contributed by atoms with Crippen LogP contribution >= 0.6 is 0 Å². The van der Waals surface area contributed by atoms with Gasteiger partial charge in [0.05, 0.1) is 0 Å². The molecule has 0 saturated carbocycles. The molecule has 0 aliphatic rings. The van der Waals surface area contributed by atoms with Crippen LogP contribution in [0.15, 0.2) is 12.2 Å². The summed E-state index contributed by atoms with van der Waals surface area (Å²) >= 11 is 0. The standard InChI is InChI=1S/C7H10O/c1-2-3-4-5-6-7-8/h3-4,8H,2,7H2,1H3/b4-3-. The number of allylic oxidation sites excluding steroid dienone is 2. The van der Waals surface area contributed by atoms with Crippen molar-refractivity contribution in [1.29, 1.82) is 0 Å². The minimum atomic E-state index is -0.0476. The summed E-state index contributed by atoms with van der Waals surface area (Å²) in [5, 5.41) is 8.16. The first-order valence-corrected chi connectivity index (χ1v) is 2.66. The van der Waals surface area contributed by atoms with Crippen LogP contribution in [0.25, 0.3) is 0 Å². The van der Waals surface area contributed by atoms with E-state index in [4.69, 9.17) is 5.11 Å². The van der Waals surface area contributed by atoms with E-state index < -0.39 is 0 Å². The smallest absolute Gasteiger partial charge is 0.104 e. The van der Waals surface area contributed by atoms with Crippen molar-refractivity contribution in [1.82, 2.24) is 0 Å². The van der Waals surface area contributed by atoms with Crippen LogP contribution in [0.2, 0.25) is 0 Å². The van der Waals surface area contributed by atoms with E-state index in [1.165, 1.54) is 0 Å². The Kier molecular flexibility index (Phi) is 5.68. The van der Waals surface area contributed by atoms with Crippen LogP contribution in [0, 0.1) is 11.8 Å². The van der Waals surface area contributed by atoms with Gasteiger partial charge in [-0.1, -0.05) is 24.8 Å². The van der Waals surface area contributed by atoms with Gasteiger partial charge in [0.1, 0.15) is 6.61 Å². The van der Waals surface area contributed by atoms with E-state index in [1.54, 1.807) is 6.08 Å². The highest BCUT2D eigenvalue weighted by Gasteiger charge is 1.59. The molecule has 0 aromatic carbocycles. The SMILES string of the molecule is CC/C=C\C#CCO. The molecule has 0 amide bonds. The third kappa shape index (κ3) is 5.26. The zero-order valence-corrected chi connectivity index (χ0v) is 5.02. The lowest BCUT2D eigenvalue weighted by Gasteiger charge is -1.69. The van der Waals surface area contributed by atoms with E-state index in [2.05, 4.69) is 11.8 Å². The van der Waals surface area contributed by atoms with Gasteiger partial charge in [-0.05, 0) is 12.5 Å². The minimum Gasteiger partial charge on any atom is -0.384 e. The predicted molar refractivity (Wildman–Crippen MR) is 34.3 cm³/mol. The molecule has 0 aliphatic carbocycles. The molecule has 1 nitrogen and oxygen atoms in total. The molecule has 0 atom stereocenters. The second-order valence-corrected chi connectivity index (χ2v) is 1.29. The number of aliphatic hydroxyl groups excluding tert-OH is 1. The van der Waals surface area contributed by atoms with Crippen LogP contribution in [0.1, 0.15) is 13.3 Å². The van der Waals surface area contributed by atoms with E-state index >= 15 is 0 Å². The average Bonchev–Trinajstić information content (AvgIpc) is 1.81. The van der Waals surface area contributed by atoms with Gasteiger partial charge >= 0.3 is 0 Å². The average molecular weight is 110 g/mol. The Balaban J connectivity index is 3.26. The summed E-state index contributed by atoms with van der Waals surface area (Å²) in [6.45, 7) is 1.99. The third-order valence-corrected chi connectivity index (χ3v) is 0.618. The van der Waals surface area contributed by atoms with Crippen LogP contribution in [0.3, 0.4) is 0 Å². The van der Waals surface area contributed by atoms with Crippen molar-refractivity contribution in [3.05, 3.63) is 12.2 Å². The lowest BCUT2D eigenvalue weighted by molar-refractivity contribution is 0.350. The normalized spacial score (nSPS) is 8.75. The first-order chi connectivity index (χ1) is 3.91. The Morgan fingerprint density at radius 2 is 2.38 bits per heavy atom. The van der Waals surface area contributed by atoms with Crippen molar-refractivity contribution < 1.29 is 5.11 Å². The van der Waals surface area contributed by atoms with E-state index in [0.717, 1.165) is 6.42 Å². The summed E-state index contributed by atoms with van der Waals surface area (Å²) in [4.78, 5) is 0. The van der Waals surface area contributed by atoms with Crippen molar-refractivity contribution in [2.75, 3.05) is 6.61 Å². The summed E-state index contributed by atoms with van der Waals surface area (Å²) in [5.74, 6) is 5.16. The highest BCUT2D eigenvalue weighted by atomic mass is 16.2. The number of rotatable bonds is 1. The molecule has 1 N–H and O–H groups in total. The van der Waals surface area contributed by atoms with Crippen LogP contribution < -0.4 is 0 Å². The van der Waals surface area contributed by atoms with Crippen molar-refractivity contribution in [3.63, 3.8) is 0 Å². The Morgan fingerprint density at radius 3 is 2.88 bits per heavy atom. The highest BCUT2D eigenvalue weighted by molar-refractivity contribution is 5.14. The molecule has 44 valence electrons. The van der Waals surface area contributed by atoms with Crippen LogP contribution in [-0.4, -0.2) is 11.7 Å². The zero-order chi connectivity index (χ0) is 6.24. The molecule has 0 aromatic heterocycles. The monoisotopic (exact) mass is 110 g/mol. The second-order valence-electron chi connectivity index (χ2n) is 1.29. The topological polar surface area (TPSA) is 20.2 Å². The van der Waals surface area contributed by atoms with Gasteiger partial charge in [-0.25, -0.2) is 0 Å². The van der Waals surface area contributed by atoms with E-state index in [1.807, 2.05) is 13.0 Å². The molecule has 0 bridgehead atoms. The van der Waals surface area contributed by atoms with Gasteiger partial charge in [0.2, 0.25) is 0 Å². The fourth-order valence-electron chi connectivity index (χ4n) is 0.281. The Labute approximate surface area is 50.0 Å². The number of hydrogen-bond donors (Lipinski definition) is 1. The van der Waals surface area contributed by atoms with Crippen LogP contribution in [0.4, 0.5) is 0 Å². The molecule has 1 heteroatoms. The minimum absolute atomic E-state index is 0.0476. The molecule has 0 aliphatic heterocycles. The number of aliphatic hydroxyl groups is 1. The largest absolute Gasteiger partial charge is 0.384 e. The lowest BCUT2D eigenvalue weighted by Crippen LogP contribution is -1.68. The zero-order valence-electron chi connectivity index (χ0n) is 5.02. The summed E-state index contributed by atoms with van der Waals surface area (Å²) in [6.07, 6.45) is 4.69. The molecule has 0 spiro atoms. The molecule has 0 fully saturated rings.